The number of benzene rings is 2. The van der Waals surface area contributed by atoms with E-state index in [2.05, 4.69) is 0 Å². The first-order valence-electron chi connectivity index (χ1n) is 6.89. The summed E-state index contributed by atoms with van der Waals surface area (Å²) in [5.41, 5.74) is 1.37. The summed E-state index contributed by atoms with van der Waals surface area (Å²) in [7, 11) is 3.02. The third-order valence-corrected chi connectivity index (χ3v) is 3.43. The van der Waals surface area contributed by atoms with Crippen LogP contribution in [0, 0.1) is 12.7 Å². The summed E-state index contributed by atoms with van der Waals surface area (Å²) in [6.45, 7) is 1.62. The average Bonchev–Trinajstić information content (AvgIpc) is 2.54. The van der Waals surface area contributed by atoms with Crippen molar-refractivity contribution < 1.29 is 23.8 Å². The van der Waals surface area contributed by atoms with Crippen LogP contribution >= 0.6 is 0 Å². The van der Waals surface area contributed by atoms with Gasteiger partial charge in [-0.1, -0.05) is 18.2 Å². The zero-order chi connectivity index (χ0) is 17.0. The van der Waals surface area contributed by atoms with E-state index >= 15 is 0 Å². The number of carboxylic acids is 1. The first-order chi connectivity index (χ1) is 11.0. The van der Waals surface area contributed by atoms with Crippen LogP contribution < -0.4 is 9.47 Å². The zero-order valence-electron chi connectivity index (χ0n) is 13.1. The molecule has 0 aliphatic carbocycles. The van der Waals surface area contributed by atoms with E-state index in [4.69, 9.17) is 9.47 Å². The Morgan fingerprint density at radius 2 is 1.78 bits per heavy atom. The normalized spacial score (nSPS) is 11.2. The van der Waals surface area contributed by atoms with Gasteiger partial charge in [-0.3, -0.25) is 0 Å². The van der Waals surface area contributed by atoms with Crippen molar-refractivity contribution in [2.24, 2.45) is 0 Å². The van der Waals surface area contributed by atoms with Gasteiger partial charge in [0.15, 0.2) is 11.5 Å². The minimum absolute atomic E-state index is 0.00359. The number of halogens is 1. The van der Waals surface area contributed by atoms with E-state index in [0.29, 0.717) is 28.2 Å². The van der Waals surface area contributed by atoms with Crippen LogP contribution in [0.2, 0.25) is 0 Å². The molecule has 0 aliphatic rings. The van der Waals surface area contributed by atoms with E-state index in [1.807, 2.05) is 0 Å². The highest BCUT2D eigenvalue weighted by Crippen LogP contribution is 2.29. The Morgan fingerprint density at radius 1 is 1.09 bits per heavy atom. The molecule has 120 valence electrons. The summed E-state index contributed by atoms with van der Waals surface area (Å²) in [5, 5.41) is 9.43. The van der Waals surface area contributed by atoms with Crippen LogP contribution in [0.3, 0.4) is 0 Å². The average molecular weight is 316 g/mol. The van der Waals surface area contributed by atoms with Crippen molar-refractivity contribution in [1.29, 1.82) is 0 Å². The molecule has 2 aromatic rings. The van der Waals surface area contributed by atoms with Crippen molar-refractivity contribution in [3.63, 3.8) is 0 Å². The summed E-state index contributed by atoms with van der Waals surface area (Å²) >= 11 is 0. The quantitative estimate of drug-likeness (QED) is 0.674. The van der Waals surface area contributed by atoms with Gasteiger partial charge in [0.1, 0.15) is 5.82 Å². The van der Waals surface area contributed by atoms with E-state index in [-0.39, 0.29) is 5.57 Å². The molecule has 0 heterocycles. The molecule has 0 saturated heterocycles. The predicted molar refractivity (Wildman–Crippen MR) is 86.2 cm³/mol. The van der Waals surface area contributed by atoms with Gasteiger partial charge in [0.05, 0.1) is 19.8 Å². The summed E-state index contributed by atoms with van der Waals surface area (Å²) in [6.07, 6.45) is 1.47. The highest BCUT2D eigenvalue weighted by atomic mass is 19.1. The standard InChI is InChI=1S/C18H17FO4/c1-11-4-6-13(10-15(11)19)14(18(20)21)8-12-5-7-16(22-2)17(9-12)23-3/h4-10H,1-3H3,(H,20,21)/b14-8-. The van der Waals surface area contributed by atoms with E-state index in [1.54, 1.807) is 37.3 Å². The van der Waals surface area contributed by atoms with E-state index in [0.717, 1.165) is 0 Å². The Morgan fingerprint density at radius 3 is 2.35 bits per heavy atom. The maximum absolute atomic E-state index is 13.7. The van der Waals surface area contributed by atoms with Gasteiger partial charge >= 0.3 is 5.97 Å². The van der Waals surface area contributed by atoms with Gasteiger partial charge in [0.2, 0.25) is 0 Å². The van der Waals surface area contributed by atoms with E-state index in [9.17, 15) is 14.3 Å². The minimum Gasteiger partial charge on any atom is -0.493 e. The lowest BCUT2D eigenvalue weighted by Gasteiger charge is -2.09. The second-order valence-corrected chi connectivity index (χ2v) is 4.94. The lowest BCUT2D eigenvalue weighted by atomic mass is 10.0. The topological polar surface area (TPSA) is 55.8 Å². The number of carbonyl (C=O) groups is 1. The third kappa shape index (κ3) is 3.69. The van der Waals surface area contributed by atoms with Crippen LogP contribution in [0.5, 0.6) is 11.5 Å². The van der Waals surface area contributed by atoms with Crippen molar-refractivity contribution >= 4 is 17.6 Å². The van der Waals surface area contributed by atoms with Crippen LogP contribution in [0.1, 0.15) is 16.7 Å². The van der Waals surface area contributed by atoms with Crippen LogP contribution in [0.25, 0.3) is 11.6 Å². The number of hydrogen-bond donors (Lipinski definition) is 1. The summed E-state index contributed by atoms with van der Waals surface area (Å²) < 4.78 is 24.0. The fourth-order valence-electron chi connectivity index (χ4n) is 2.14. The Bertz CT molecular complexity index is 766. The smallest absolute Gasteiger partial charge is 0.336 e. The fourth-order valence-corrected chi connectivity index (χ4v) is 2.14. The number of methoxy groups -OCH3 is 2. The molecule has 0 unspecified atom stereocenters. The Balaban J connectivity index is 2.51. The summed E-state index contributed by atoms with van der Waals surface area (Å²) in [6, 6.07) is 9.40. The van der Waals surface area contributed by atoms with Crippen molar-refractivity contribution in [3.05, 3.63) is 58.9 Å². The molecule has 0 aromatic heterocycles. The maximum atomic E-state index is 13.7. The number of ether oxygens (including phenoxy) is 2. The molecule has 2 rings (SSSR count). The lowest BCUT2D eigenvalue weighted by molar-refractivity contribution is -0.130. The maximum Gasteiger partial charge on any atom is 0.336 e. The molecule has 5 heteroatoms. The summed E-state index contributed by atoms with van der Waals surface area (Å²) in [4.78, 5) is 11.5. The van der Waals surface area contributed by atoms with Crippen LogP contribution in [0.15, 0.2) is 36.4 Å². The molecule has 0 aliphatic heterocycles. The second kappa shape index (κ2) is 6.96. The number of aliphatic carboxylic acids is 1. The molecule has 0 spiro atoms. The van der Waals surface area contributed by atoms with Crippen LogP contribution in [0.4, 0.5) is 4.39 Å². The van der Waals surface area contributed by atoms with Crippen LogP contribution in [-0.2, 0) is 4.79 Å². The molecule has 0 saturated carbocycles. The molecule has 4 nitrogen and oxygen atoms in total. The predicted octanol–water partition coefficient (Wildman–Crippen LogP) is 3.78. The van der Waals surface area contributed by atoms with E-state index < -0.39 is 11.8 Å². The van der Waals surface area contributed by atoms with Gasteiger partial charge in [-0.25, -0.2) is 9.18 Å². The molecule has 0 radical (unpaired) electrons. The third-order valence-electron chi connectivity index (χ3n) is 3.43. The molecule has 1 N–H and O–H groups in total. The Kier molecular flexibility index (Phi) is 5.01. The molecular weight excluding hydrogens is 299 g/mol. The number of hydrogen-bond acceptors (Lipinski definition) is 3. The lowest BCUT2D eigenvalue weighted by Crippen LogP contribution is -2.01. The van der Waals surface area contributed by atoms with Crippen LogP contribution in [-0.4, -0.2) is 25.3 Å². The molecule has 0 amide bonds. The van der Waals surface area contributed by atoms with Gasteiger partial charge in [-0.15, -0.1) is 0 Å². The molecule has 23 heavy (non-hydrogen) atoms. The monoisotopic (exact) mass is 316 g/mol. The Hall–Kier alpha value is -2.82. The Labute approximate surface area is 133 Å². The first kappa shape index (κ1) is 16.5. The van der Waals surface area contributed by atoms with Gasteiger partial charge < -0.3 is 14.6 Å². The second-order valence-electron chi connectivity index (χ2n) is 4.94. The number of carboxylic acid groups (broad SMARTS) is 1. The van der Waals surface area contributed by atoms with Gasteiger partial charge in [-0.05, 0) is 47.9 Å². The van der Waals surface area contributed by atoms with Gasteiger partial charge in [-0.2, -0.15) is 0 Å². The van der Waals surface area contributed by atoms with Crippen molar-refractivity contribution in [3.8, 4) is 11.5 Å². The van der Waals surface area contributed by atoms with Crippen molar-refractivity contribution in [2.45, 2.75) is 6.92 Å². The largest absolute Gasteiger partial charge is 0.493 e. The molecule has 0 fully saturated rings. The highest BCUT2D eigenvalue weighted by molar-refractivity contribution is 6.20. The molecule has 2 aromatic carbocycles. The van der Waals surface area contributed by atoms with Crippen molar-refractivity contribution in [2.75, 3.05) is 14.2 Å². The van der Waals surface area contributed by atoms with Crippen molar-refractivity contribution in [1.82, 2.24) is 0 Å². The molecule has 0 bridgehead atoms. The number of aryl methyl sites for hydroxylation is 1. The van der Waals surface area contributed by atoms with E-state index in [1.165, 1.54) is 26.4 Å². The fraction of sp³-hybridized carbons (Fsp3) is 0.167. The van der Waals surface area contributed by atoms with Gasteiger partial charge in [0, 0.05) is 0 Å². The molecular formula is C18H17FO4. The minimum atomic E-state index is -1.14. The zero-order valence-corrected chi connectivity index (χ0v) is 13.1. The number of rotatable bonds is 5. The molecule has 0 atom stereocenters. The first-order valence-corrected chi connectivity index (χ1v) is 6.89. The SMILES string of the molecule is COc1ccc(/C=C(\C(=O)O)c2ccc(C)c(F)c2)cc1OC. The summed E-state index contributed by atoms with van der Waals surface area (Å²) in [5.74, 6) is -0.547. The van der Waals surface area contributed by atoms with Gasteiger partial charge in [0.25, 0.3) is 0 Å². The highest BCUT2D eigenvalue weighted by Gasteiger charge is 2.13.